The number of esters is 1. The number of hydrogen-bond acceptors (Lipinski definition) is 8. The molecule has 4 aromatic rings. The molecule has 12 heteroatoms. The van der Waals surface area contributed by atoms with Gasteiger partial charge in [-0.3, -0.25) is 14.4 Å². The van der Waals surface area contributed by atoms with Crippen molar-refractivity contribution < 1.29 is 38.6 Å². The number of amides is 4. The summed E-state index contributed by atoms with van der Waals surface area (Å²) in [6.07, 6.45) is 2.31. The molecule has 4 aromatic carbocycles. The molecule has 0 bridgehead atoms. The Morgan fingerprint density at radius 3 is 2.25 bits per heavy atom. The number of anilines is 1. The number of allylic oxidation sites excluding steroid dienone is 1. The molecule has 1 aliphatic rings. The van der Waals surface area contributed by atoms with E-state index >= 15 is 0 Å². The van der Waals surface area contributed by atoms with Crippen LogP contribution in [0.2, 0.25) is 0 Å². The van der Waals surface area contributed by atoms with Crippen LogP contribution < -0.4 is 16.0 Å². The van der Waals surface area contributed by atoms with Gasteiger partial charge >= 0.3 is 12.1 Å². The third kappa shape index (κ3) is 11.0. The number of fused-ring (bicyclic) bond motifs is 1. The largest absolute Gasteiger partial charge is 0.461 e. The maximum Gasteiger partial charge on any atom is 0.408 e. The molecule has 0 fully saturated rings. The molecular weight excluding hydrogens is 664 g/mol. The van der Waals surface area contributed by atoms with Crippen molar-refractivity contribution in [2.75, 3.05) is 25.1 Å². The van der Waals surface area contributed by atoms with Crippen LogP contribution in [0.25, 0.3) is 10.8 Å². The summed E-state index contributed by atoms with van der Waals surface area (Å²) in [5.74, 6) is -3.33. The highest BCUT2D eigenvalue weighted by Crippen LogP contribution is 2.20. The van der Waals surface area contributed by atoms with E-state index in [9.17, 15) is 29.1 Å². The van der Waals surface area contributed by atoms with Crippen molar-refractivity contribution in [1.29, 1.82) is 0 Å². The Morgan fingerprint density at radius 2 is 1.52 bits per heavy atom. The molecule has 0 aliphatic carbocycles. The zero-order valence-electron chi connectivity index (χ0n) is 28.6. The van der Waals surface area contributed by atoms with Crippen molar-refractivity contribution in [2.45, 2.75) is 44.5 Å². The lowest BCUT2D eigenvalue weighted by Crippen LogP contribution is -2.51. The fourth-order valence-corrected chi connectivity index (χ4v) is 5.69. The van der Waals surface area contributed by atoms with Crippen LogP contribution in [0.5, 0.6) is 0 Å². The van der Waals surface area contributed by atoms with Gasteiger partial charge in [-0.2, -0.15) is 0 Å². The first-order chi connectivity index (χ1) is 25.3. The number of benzene rings is 4. The summed E-state index contributed by atoms with van der Waals surface area (Å²) >= 11 is 0. The van der Waals surface area contributed by atoms with Gasteiger partial charge < -0.3 is 35.4 Å². The number of carbonyl (C=O) groups excluding carboxylic acids is 5. The molecule has 5 rings (SSSR count). The maximum atomic E-state index is 13.8. The highest BCUT2D eigenvalue weighted by Gasteiger charge is 2.31. The van der Waals surface area contributed by atoms with Crippen molar-refractivity contribution >= 4 is 46.2 Å². The van der Waals surface area contributed by atoms with Gasteiger partial charge in [0.25, 0.3) is 5.91 Å². The van der Waals surface area contributed by atoms with Crippen molar-refractivity contribution in [3.05, 3.63) is 126 Å². The molecule has 4 amide bonds. The van der Waals surface area contributed by atoms with Gasteiger partial charge in [0, 0.05) is 25.2 Å². The number of rotatable bonds is 11. The standard InChI is InChI=1S/C40H42N4O8/c45-22-21-44(25-28-11-3-1-4-12-28)36(46)24-32-17-9-10-18-34(43-40(50)52-26-29-13-5-2-6-14-29)39(49)51-27-35(42-37(32)47)38(48)41-33-20-19-30-15-7-8-16-31(30)23-33/h1-16,19-20,23,32,34-35,45H,17-18,21-22,24-27H2,(H,41,48)(H,42,47)(H,43,50). The van der Waals surface area contributed by atoms with Gasteiger partial charge in [-0.15, -0.1) is 0 Å². The minimum Gasteiger partial charge on any atom is -0.461 e. The number of cyclic esters (lactones) is 1. The molecule has 0 aromatic heterocycles. The molecule has 0 radical (unpaired) electrons. The van der Waals surface area contributed by atoms with Crippen LogP contribution in [0, 0.1) is 5.92 Å². The molecule has 0 saturated carbocycles. The quantitative estimate of drug-likeness (QED) is 0.131. The van der Waals surface area contributed by atoms with E-state index in [0.29, 0.717) is 5.69 Å². The Labute approximate surface area is 301 Å². The number of alkyl carbamates (subject to hydrolysis) is 1. The Morgan fingerprint density at radius 1 is 0.846 bits per heavy atom. The summed E-state index contributed by atoms with van der Waals surface area (Å²) in [5, 5.41) is 19.6. The van der Waals surface area contributed by atoms with Crippen LogP contribution in [0.3, 0.4) is 0 Å². The molecule has 0 spiro atoms. The second kappa shape index (κ2) is 18.8. The third-order valence-electron chi connectivity index (χ3n) is 8.52. The second-order valence-electron chi connectivity index (χ2n) is 12.4. The van der Waals surface area contributed by atoms with Gasteiger partial charge in [0.05, 0.1) is 12.5 Å². The monoisotopic (exact) mass is 706 g/mol. The molecule has 4 N–H and O–H groups in total. The van der Waals surface area contributed by atoms with Gasteiger partial charge in [0.1, 0.15) is 25.3 Å². The van der Waals surface area contributed by atoms with Crippen LogP contribution >= 0.6 is 0 Å². The van der Waals surface area contributed by atoms with E-state index in [1.165, 1.54) is 4.90 Å². The number of carbonyl (C=O) groups is 5. The minimum atomic E-state index is -1.34. The lowest BCUT2D eigenvalue weighted by atomic mass is 9.97. The maximum absolute atomic E-state index is 13.8. The Hall–Kier alpha value is -6.01. The molecular formula is C40H42N4O8. The van der Waals surface area contributed by atoms with Crippen LogP contribution in [0.4, 0.5) is 10.5 Å². The van der Waals surface area contributed by atoms with Gasteiger partial charge in [0.15, 0.2) is 0 Å². The summed E-state index contributed by atoms with van der Waals surface area (Å²) in [7, 11) is 0. The number of aliphatic hydroxyl groups excluding tert-OH is 1. The van der Waals surface area contributed by atoms with Gasteiger partial charge in [-0.05, 0) is 46.9 Å². The molecule has 3 unspecified atom stereocenters. The summed E-state index contributed by atoms with van der Waals surface area (Å²) < 4.78 is 10.8. The molecule has 52 heavy (non-hydrogen) atoms. The van der Waals surface area contributed by atoms with Gasteiger partial charge in [-0.25, -0.2) is 9.59 Å². The van der Waals surface area contributed by atoms with E-state index in [4.69, 9.17) is 9.47 Å². The third-order valence-corrected chi connectivity index (χ3v) is 8.52. The zero-order valence-corrected chi connectivity index (χ0v) is 28.6. The van der Waals surface area contributed by atoms with E-state index in [-0.39, 0.29) is 51.5 Å². The summed E-state index contributed by atoms with van der Waals surface area (Å²) in [5.41, 5.74) is 2.09. The van der Waals surface area contributed by atoms with Crippen molar-refractivity contribution in [1.82, 2.24) is 15.5 Å². The van der Waals surface area contributed by atoms with Crippen LogP contribution in [-0.2, 0) is 41.8 Å². The lowest BCUT2D eigenvalue weighted by Gasteiger charge is -2.26. The predicted molar refractivity (Wildman–Crippen MR) is 194 cm³/mol. The first-order valence-corrected chi connectivity index (χ1v) is 17.1. The van der Waals surface area contributed by atoms with E-state index in [0.717, 1.165) is 21.9 Å². The Kier molecular flexibility index (Phi) is 13.5. The van der Waals surface area contributed by atoms with Crippen LogP contribution in [0.1, 0.15) is 30.4 Å². The van der Waals surface area contributed by atoms with Crippen molar-refractivity contribution in [3.8, 4) is 0 Å². The van der Waals surface area contributed by atoms with Crippen LogP contribution in [0.15, 0.2) is 115 Å². The number of nitrogens with one attached hydrogen (secondary N) is 3. The summed E-state index contributed by atoms with van der Waals surface area (Å²) in [6.45, 7) is -0.514. The SMILES string of the molecule is O=C(NC1CC=CCC(CC(=O)N(CCO)Cc2ccccc2)C(=O)NC(C(=O)Nc2ccc3ccccc3c2)COC1=O)OCc1ccccc1. The van der Waals surface area contributed by atoms with E-state index < -0.39 is 48.5 Å². The number of nitrogens with zero attached hydrogens (tertiary/aromatic N) is 1. The minimum absolute atomic E-state index is 0.000152. The summed E-state index contributed by atoms with van der Waals surface area (Å²) in [4.78, 5) is 68.4. The highest BCUT2D eigenvalue weighted by molar-refractivity contribution is 6.00. The highest BCUT2D eigenvalue weighted by atomic mass is 16.6. The zero-order chi connectivity index (χ0) is 36.7. The van der Waals surface area contributed by atoms with E-state index in [1.807, 2.05) is 78.9 Å². The number of ether oxygens (including phenoxy) is 2. The first kappa shape index (κ1) is 37.3. The predicted octanol–water partition coefficient (Wildman–Crippen LogP) is 4.48. The van der Waals surface area contributed by atoms with E-state index in [2.05, 4.69) is 16.0 Å². The molecule has 270 valence electrons. The first-order valence-electron chi connectivity index (χ1n) is 17.1. The van der Waals surface area contributed by atoms with Gasteiger partial charge in [-0.1, -0.05) is 103 Å². The normalized spacial score (nSPS) is 17.8. The number of hydrogen-bond donors (Lipinski definition) is 4. The molecule has 0 saturated heterocycles. The number of aliphatic hydroxyl groups is 1. The average molecular weight is 707 g/mol. The topological polar surface area (TPSA) is 163 Å². The van der Waals surface area contributed by atoms with Crippen molar-refractivity contribution in [2.24, 2.45) is 5.92 Å². The molecule has 12 nitrogen and oxygen atoms in total. The Bertz CT molecular complexity index is 1870. The molecule has 1 heterocycles. The lowest BCUT2D eigenvalue weighted by molar-refractivity contribution is -0.148. The van der Waals surface area contributed by atoms with E-state index in [1.54, 1.807) is 36.4 Å². The molecule has 1 aliphatic heterocycles. The van der Waals surface area contributed by atoms with Gasteiger partial charge in [0.2, 0.25) is 11.8 Å². The smallest absolute Gasteiger partial charge is 0.408 e. The summed E-state index contributed by atoms with van der Waals surface area (Å²) in [6, 6.07) is 28.8. The second-order valence-corrected chi connectivity index (χ2v) is 12.4. The van der Waals surface area contributed by atoms with Crippen molar-refractivity contribution in [3.63, 3.8) is 0 Å². The van der Waals surface area contributed by atoms with Crippen LogP contribution in [-0.4, -0.2) is 71.6 Å². The molecule has 3 atom stereocenters. The average Bonchev–Trinajstić information content (AvgIpc) is 3.16. The Balaban J connectivity index is 1.34. The fourth-order valence-electron chi connectivity index (χ4n) is 5.69. The fraction of sp³-hybridized carbons (Fsp3) is 0.275.